The summed E-state index contributed by atoms with van der Waals surface area (Å²) in [6.07, 6.45) is 10.6. The summed E-state index contributed by atoms with van der Waals surface area (Å²) in [5.41, 5.74) is 2.11. The lowest BCUT2D eigenvalue weighted by Crippen LogP contribution is -2.49. The summed E-state index contributed by atoms with van der Waals surface area (Å²) < 4.78 is 5.41. The number of piperidine rings is 1. The SMILES string of the molecule is C=CC(=O)N1C[C@H](Nc2ncnc3[nH]cc(C[C@H]4C[C@@H](OC)C4)c23)CC[C@@H]1C. The highest BCUT2D eigenvalue weighted by atomic mass is 16.5. The van der Waals surface area contributed by atoms with Crippen molar-refractivity contribution in [1.82, 2.24) is 19.9 Å². The molecule has 3 heterocycles. The van der Waals surface area contributed by atoms with Gasteiger partial charge < -0.3 is 19.9 Å². The van der Waals surface area contributed by atoms with Gasteiger partial charge in [-0.2, -0.15) is 0 Å². The van der Waals surface area contributed by atoms with Crippen molar-refractivity contribution in [3.63, 3.8) is 0 Å². The summed E-state index contributed by atoms with van der Waals surface area (Å²) in [6.45, 7) is 6.39. The van der Waals surface area contributed by atoms with Crippen molar-refractivity contribution in [2.75, 3.05) is 19.0 Å². The number of nitrogens with one attached hydrogen (secondary N) is 2. The topological polar surface area (TPSA) is 83.1 Å². The molecule has 150 valence electrons. The molecule has 4 rings (SSSR count). The summed E-state index contributed by atoms with van der Waals surface area (Å²) in [7, 11) is 1.79. The Bertz CT molecular complexity index is 858. The Morgan fingerprint density at radius 1 is 1.43 bits per heavy atom. The van der Waals surface area contributed by atoms with Gasteiger partial charge in [0.05, 0.1) is 11.5 Å². The second-order valence-corrected chi connectivity index (χ2v) is 8.12. The first-order chi connectivity index (χ1) is 13.6. The maximum absolute atomic E-state index is 12.2. The van der Waals surface area contributed by atoms with Crippen LogP contribution in [0, 0.1) is 5.92 Å². The van der Waals surface area contributed by atoms with Gasteiger partial charge in [-0.3, -0.25) is 4.79 Å². The third-order valence-electron chi connectivity index (χ3n) is 6.27. The minimum absolute atomic E-state index is 0.00755. The molecule has 28 heavy (non-hydrogen) atoms. The number of hydrogen-bond donors (Lipinski definition) is 2. The molecule has 2 N–H and O–H groups in total. The summed E-state index contributed by atoms with van der Waals surface area (Å²) >= 11 is 0. The number of likely N-dealkylation sites (tertiary alicyclic amines) is 1. The molecule has 7 nitrogen and oxygen atoms in total. The van der Waals surface area contributed by atoms with E-state index in [1.807, 2.05) is 4.90 Å². The quantitative estimate of drug-likeness (QED) is 0.750. The van der Waals surface area contributed by atoms with Gasteiger partial charge in [0.25, 0.3) is 0 Å². The van der Waals surface area contributed by atoms with Crippen LogP contribution in [0.5, 0.6) is 0 Å². The van der Waals surface area contributed by atoms with Crippen molar-refractivity contribution in [3.05, 3.63) is 30.7 Å². The molecule has 0 spiro atoms. The molecule has 1 saturated heterocycles. The van der Waals surface area contributed by atoms with E-state index in [-0.39, 0.29) is 18.0 Å². The number of aromatic amines is 1. The molecule has 2 aliphatic rings. The minimum Gasteiger partial charge on any atom is -0.381 e. The fourth-order valence-electron chi connectivity index (χ4n) is 4.48. The normalized spacial score (nSPS) is 27.4. The number of carbonyl (C=O) groups is 1. The van der Waals surface area contributed by atoms with Gasteiger partial charge in [0.1, 0.15) is 17.8 Å². The van der Waals surface area contributed by atoms with Crippen LogP contribution in [0.2, 0.25) is 0 Å². The van der Waals surface area contributed by atoms with Crippen molar-refractivity contribution in [3.8, 4) is 0 Å². The number of aromatic nitrogens is 3. The summed E-state index contributed by atoms with van der Waals surface area (Å²) in [5, 5.41) is 4.66. The Morgan fingerprint density at radius 3 is 3.00 bits per heavy atom. The fraction of sp³-hybridized carbons (Fsp3) is 0.571. The van der Waals surface area contributed by atoms with Crippen LogP contribution in [0.1, 0.15) is 38.2 Å². The van der Waals surface area contributed by atoms with Gasteiger partial charge >= 0.3 is 0 Å². The Labute approximate surface area is 165 Å². The zero-order chi connectivity index (χ0) is 19.7. The van der Waals surface area contributed by atoms with E-state index in [1.165, 1.54) is 11.6 Å². The highest BCUT2D eigenvalue weighted by Crippen LogP contribution is 2.35. The molecule has 0 aromatic carbocycles. The summed E-state index contributed by atoms with van der Waals surface area (Å²) in [6, 6.07) is 0.409. The molecule has 2 aromatic rings. The number of nitrogens with zero attached hydrogens (tertiary/aromatic N) is 3. The standard InChI is InChI=1S/C21H29N5O2/c1-4-18(27)26-11-16(6-5-13(26)2)25-21-19-15(7-14-8-17(9-14)28-3)10-22-20(19)23-12-24-21/h4,10,12-14,16-17H,1,5-9,11H2,2-3H3,(H2,22,23,24,25)/t13-,14-,16+,17+/m0/s1. The van der Waals surface area contributed by atoms with E-state index in [4.69, 9.17) is 4.74 Å². The van der Waals surface area contributed by atoms with Gasteiger partial charge in [0.15, 0.2) is 0 Å². The van der Waals surface area contributed by atoms with Crippen molar-refractivity contribution in [1.29, 1.82) is 0 Å². The van der Waals surface area contributed by atoms with Crippen LogP contribution in [-0.2, 0) is 16.0 Å². The van der Waals surface area contributed by atoms with Crippen molar-refractivity contribution >= 4 is 22.8 Å². The highest BCUT2D eigenvalue weighted by molar-refractivity contribution is 5.90. The number of rotatable bonds is 6. The predicted octanol–water partition coefficient (Wildman–Crippen LogP) is 2.90. The molecular formula is C21H29N5O2. The summed E-state index contributed by atoms with van der Waals surface area (Å²) in [5.74, 6) is 1.49. The van der Waals surface area contributed by atoms with Crippen molar-refractivity contribution in [2.24, 2.45) is 5.92 Å². The van der Waals surface area contributed by atoms with Crippen LogP contribution in [-0.4, -0.2) is 57.6 Å². The smallest absolute Gasteiger partial charge is 0.246 e. The predicted molar refractivity (Wildman–Crippen MR) is 109 cm³/mol. The molecule has 1 aliphatic carbocycles. The van der Waals surface area contributed by atoms with Gasteiger partial charge in [-0.25, -0.2) is 9.97 Å². The van der Waals surface area contributed by atoms with Crippen LogP contribution < -0.4 is 5.32 Å². The maximum atomic E-state index is 12.2. The molecule has 0 radical (unpaired) electrons. The lowest BCUT2D eigenvalue weighted by molar-refractivity contribution is -0.129. The highest BCUT2D eigenvalue weighted by Gasteiger charge is 2.31. The Hall–Kier alpha value is -2.41. The number of hydrogen-bond acceptors (Lipinski definition) is 5. The average molecular weight is 383 g/mol. The van der Waals surface area contributed by atoms with E-state index < -0.39 is 0 Å². The molecule has 2 aromatic heterocycles. The number of ether oxygens (including phenoxy) is 1. The molecule has 2 fully saturated rings. The van der Waals surface area contributed by atoms with E-state index in [2.05, 4.69) is 40.0 Å². The number of H-pyrrole nitrogens is 1. The van der Waals surface area contributed by atoms with Crippen LogP contribution in [0.25, 0.3) is 11.0 Å². The number of carbonyl (C=O) groups excluding carboxylic acids is 1. The molecule has 2 atom stereocenters. The first kappa shape index (κ1) is 18.9. The van der Waals surface area contributed by atoms with Gasteiger partial charge in [-0.05, 0) is 56.6 Å². The molecule has 0 unspecified atom stereocenters. The van der Waals surface area contributed by atoms with Crippen LogP contribution in [0.15, 0.2) is 25.2 Å². The maximum Gasteiger partial charge on any atom is 0.246 e. The number of amides is 1. The van der Waals surface area contributed by atoms with E-state index in [0.29, 0.717) is 18.6 Å². The Morgan fingerprint density at radius 2 is 2.25 bits per heavy atom. The van der Waals surface area contributed by atoms with E-state index in [0.717, 1.165) is 49.0 Å². The van der Waals surface area contributed by atoms with Gasteiger partial charge in [0, 0.05) is 31.9 Å². The fourth-order valence-corrected chi connectivity index (χ4v) is 4.48. The van der Waals surface area contributed by atoms with E-state index in [9.17, 15) is 4.79 Å². The lowest BCUT2D eigenvalue weighted by Gasteiger charge is -2.38. The number of methoxy groups -OCH3 is 1. The average Bonchev–Trinajstić information content (AvgIpc) is 3.09. The molecular weight excluding hydrogens is 354 g/mol. The lowest BCUT2D eigenvalue weighted by atomic mass is 9.78. The second kappa shape index (κ2) is 7.91. The second-order valence-electron chi connectivity index (χ2n) is 8.12. The third-order valence-corrected chi connectivity index (χ3v) is 6.27. The van der Waals surface area contributed by atoms with Gasteiger partial charge in [-0.15, -0.1) is 0 Å². The molecule has 1 aliphatic heterocycles. The van der Waals surface area contributed by atoms with Crippen molar-refractivity contribution < 1.29 is 9.53 Å². The summed E-state index contributed by atoms with van der Waals surface area (Å²) in [4.78, 5) is 26.3. The van der Waals surface area contributed by atoms with Crippen LogP contribution in [0.4, 0.5) is 5.82 Å². The Kier molecular flexibility index (Phi) is 5.35. The Balaban J connectivity index is 1.51. The molecule has 0 bridgehead atoms. The molecule has 1 amide bonds. The third kappa shape index (κ3) is 3.63. The first-order valence-electron chi connectivity index (χ1n) is 10.1. The number of anilines is 1. The monoisotopic (exact) mass is 383 g/mol. The first-order valence-corrected chi connectivity index (χ1v) is 10.1. The van der Waals surface area contributed by atoms with Crippen LogP contribution >= 0.6 is 0 Å². The van der Waals surface area contributed by atoms with Gasteiger partial charge in [-0.1, -0.05) is 6.58 Å². The van der Waals surface area contributed by atoms with Gasteiger partial charge in [0.2, 0.25) is 5.91 Å². The minimum atomic E-state index is -0.00755. The van der Waals surface area contributed by atoms with Crippen molar-refractivity contribution in [2.45, 2.75) is 57.2 Å². The zero-order valence-corrected chi connectivity index (χ0v) is 16.6. The van der Waals surface area contributed by atoms with Crippen LogP contribution in [0.3, 0.4) is 0 Å². The number of fused-ring (bicyclic) bond motifs is 1. The molecule has 7 heteroatoms. The van der Waals surface area contributed by atoms with E-state index >= 15 is 0 Å². The zero-order valence-electron chi connectivity index (χ0n) is 16.6. The van der Waals surface area contributed by atoms with E-state index in [1.54, 1.807) is 13.4 Å². The molecule has 1 saturated carbocycles. The largest absolute Gasteiger partial charge is 0.381 e.